The summed E-state index contributed by atoms with van der Waals surface area (Å²) in [4.78, 5) is 12.4. The van der Waals surface area contributed by atoms with Crippen LogP contribution in [-0.2, 0) is 0 Å². The lowest BCUT2D eigenvalue weighted by Gasteiger charge is -2.07. The summed E-state index contributed by atoms with van der Waals surface area (Å²) in [6.45, 7) is 2.02. The Kier molecular flexibility index (Phi) is 4.01. The van der Waals surface area contributed by atoms with Crippen LogP contribution in [0, 0.1) is 6.92 Å². The number of benzene rings is 3. The van der Waals surface area contributed by atoms with Gasteiger partial charge in [0.25, 0.3) is 5.91 Å². The Labute approximate surface area is 130 Å². The molecule has 2 heteroatoms. The molecule has 1 N–H and O–H groups in total. The van der Waals surface area contributed by atoms with E-state index in [9.17, 15) is 4.79 Å². The summed E-state index contributed by atoms with van der Waals surface area (Å²) in [7, 11) is 0. The zero-order valence-electron chi connectivity index (χ0n) is 12.4. The lowest BCUT2D eigenvalue weighted by Crippen LogP contribution is -2.11. The Balaban J connectivity index is 1.82. The number of nitrogens with one attached hydrogen (secondary N) is 1. The number of rotatable bonds is 3. The van der Waals surface area contributed by atoms with E-state index in [0.717, 1.165) is 16.8 Å². The van der Waals surface area contributed by atoms with E-state index < -0.39 is 0 Å². The van der Waals surface area contributed by atoms with Crippen LogP contribution in [0.1, 0.15) is 15.9 Å². The molecule has 0 atom stereocenters. The van der Waals surface area contributed by atoms with Crippen molar-refractivity contribution >= 4 is 11.6 Å². The van der Waals surface area contributed by atoms with Gasteiger partial charge in [-0.2, -0.15) is 0 Å². The summed E-state index contributed by atoms with van der Waals surface area (Å²) >= 11 is 0. The quantitative estimate of drug-likeness (QED) is 0.728. The van der Waals surface area contributed by atoms with Gasteiger partial charge in [0.1, 0.15) is 0 Å². The van der Waals surface area contributed by atoms with Crippen LogP contribution in [0.2, 0.25) is 0 Å². The molecular formula is C20H17NO. The zero-order valence-corrected chi connectivity index (χ0v) is 12.4. The van der Waals surface area contributed by atoms with Crippen LogP contribution in [0.25, 0.3) is 11.1 Å². The predicted octanol–water partition coefficient (Wildman–Crippen LogP) is 4.91. The van der Waals surface area contributed by atoms with Gasteiger partial charge in [0.2, 0.25) is 0 Å². The van der Waals surface area contributed by atoms with Crippen molar-refractivity contribution in [3.63, 3.8) is 0 Å². The van der Waals surface area contributed by atoms with E-state index in [1.165, 1.54) is 5.56 Å². The highest BCUT2D eigenvalue weighted by atomic mass is 16.1. The van der Waals surface area contributed by atoms with Gasteiger partial charge in [0.15, 0.2) is 0 Å². The van der Waals surface area contributed by atoms with Crippen molar-refractivity contribution < 1.29 is 4.79 Å². The molecule has 2 nitrogen and oxygen atoms in total. The van der Waals surface area contributed by atoms with Crippen LogP contribution in [0.15, 0.2) is 78.9 Å². The molecule has 0 aliphatic rings. The molecule has 0 fully saturated rings. The van der Waals surface area contributed by atoms with E-state index in [1.807, 2.05) is 85.8 Å². The molecule has 3 aromatic rings. The molecule has 22 heavy (non-hydrogen) atoms. The molecule has 3 aromatic carbocycles. The van der Waals surface area contributed by atoms with E-state index in [4.69, 9.17) is 0 Å². The van der Waals surface area contributed by atoms with Crippen molar-refractivity contribution in [1.82, 2.24) is 0 Å². The number of hydrogen-bond acceptors (Lipinski definition) is 1. The second kappa shape index (κ2) is 6.27. The van der Waals surface area contributed by atoms with Gasteiger partial charge in [-0.1, -0.05) is 60.2 Å². The Morgan fingerprint density at radius 2 is 1.45 bits per heavy atom. The topological polar surface area (TPSA) is 29.1 Å². The minimum atomic E-state index is -0.0957. The van der Waals surface area contributed by atoms with E-state index in [2.05, 4.69) is 5.32 Å². The smallest absolute Gasteiger partial charge is 0.255 e. The van der Waals surface area contributed by atoms with Gasteiger partial charge >= 0.3 is 0 Å². The molecule has 0 aliphatic carbocycles. The standard InChI is InChI=1S/C20H17NO/c1-15-10-12-19(13-11-15)21-20(22)18-9-5-8-17(14-18)16-6-3-2-4-7-16/h2-14H,1H3,(H,21,22). The highest BCUT2D eigenvalue weighted by Gasteiger charge is 2.07. The van der Waals surface area contributed by atoms with E-state index in [1.54, 1.807) is 0 Å². The van der Waals surface area contributed by atoms with E-state index in [-0.39, 0.29) is 5.91 Å². The molecular weight excluding hydrogens is 270 g/mol. The highest BCUT2D eigenvalue weighted by Crippen LogP contribution is 2.20. The molecule has 1 amide bonds. The molecule has 0 aromatic heterocycles. The van der Waals surface area contributed by atoms with Crippen LogP contribution in [0.5, 0.6) is 0 Å². The Bertz CT molecular complexity index is 776. The second-order valence-corrected chi connectivity index (χ2v) is 5.27. The first kappa shape index (κ1) is 14.1. The van der Waals surface area contributed by atoms with Gasteiger partial charge in [-0.05, 0) is 42.3 Å². The number of aryl methyl sites for hydroxylation is 1. The molecule has 3 rings (SSSR count). The summed E-state index contributed by atoms with van der Waals surface area (Å²) < 4.78 is 0. The number of hydrogen-bond donors (Lipinski definition) is 1. The second-order valence-electron chi connectivity index (χ2n) is 5.27. The molecule has 0 spiro atoms. The summed E-state index contributed by atoms with van der Waals surface area (Å²) in [6.07, 6.45) is 0. The number of carbonyl (C=O) groups is 1. The molecule has 0 unspecified atom stereocenters. The largest absolute Gasteiger partial charge is 0.322 e. The SMILES string of the molecule is Cc1ccc(NC(=O)c2cccc(-c3ccccc3)c2)cc1. The maximum atomic E-state index is 12.4. The normalized spacial score (nSPS) is 10.2. The van der Waals surface area contributed by atoms with Gasteiger partial charge in [0.05, 0.1) is 0 Å². The predicted molar refractivity (Wildman–Crippen MR) is 91.0 cm³/mol. The van der Waals surface area contributed by atoms with Crippen LogP contribution in [-0.4, -0.2) is 5.91 Å². The molecule has 0 heterocycles. The van der Waals surface area contributed by atoms with Crippen LogP contribution in [0.3, 0.4) is 0 Å². The van der Waals surface area contributed by atoms with Crippen molar-refractivity contribution in [2.75, 3.05) is 5.32 Å². The first-order valence-electron chi connectivity index (χ1n) is 7.26. The monoisotopic (exact) mass is 287 g/mol. The fourth-order valence-electron chi connectivity index (χ4n) is 2.31. The van der Waals surface area contributed by atoms with Gasteiger partial charge in [-0.25, -0.2) is 0 Å². The summed E-state index contributed by atoms with van der Waals surface area (Å²) in [5, 5.41) is 2.93. The lowest BCUT2D eigenvalue weighted by atomic mass is 10.0. The first-order chi connectivity index (χ1) is 10.7. The van der Waals surface area contributed by atoms with Crippen molar-refractivity contribution in [2.45, 2.75) is 6.92 Å². The van der Waals surface area contributed by atoms with E-state index >= 15 is 0 Å². The minimum Gasteiger partial charge on any atom is -0.322 e. The van der Waals surface area contributed by atoms with Crippen molar-refractivity contribution in [1.29, 1.82) is 0 Å². The highest BCUT2D eigenvalue weighted by molar-refractivity contribution is 6.04. The van der Waals surface area contributed by atoms with Crippen LogP contribution in [0.4, 0.5) is 5.69 Å². The van der Waals surface area contributed by atoms with Gasteiger partial charge in [-0.3, -0.25) is 4.79 Å². The number of anilines is 1. The van der Waals surface area contributed by atoms with Crippen molar-refractivity contribution in [3.8, 4) is 11.1 Å². The Hall–Kier alpha value is -2.87. The number of amides is 1. The molecule has 0 bridgehead atoms. The van der Waals surface area contributed by atoms with Crippen LogP contribution < -0.4 is 5.32 Å². The third kappa shape index (κ3) is 3.23. The van der Waals surface area contributed by atoms with Crippen molar-refractivity contribution in [3.05, 3.63) is 90.0 Å². The van der Waals surface area contributed by atoms with Crippen molar-refractivity contribution in [2.24, 2.45) is 0 Å². The number of carbonyl (C=O) groups excluding carboxylic acids is 1. The summed E-state index contributed by atoms with van der Waals surface area (Å²) in [5.74, 6) is -0.0957. The average Bonchev–Trinajstić information content (AvgIpc) is 2.58. The molecule has 0 saturated heterocycles. The third-order valence-corrected chi connectivity index (χ3v) is 3.54. The van der Waals surface area contributed by atoms with Gasteiger partial charge in [0, 0.05) is 11.3 Å². The Morgan fingerprint density at radius 3 is 2.18 bits per heavy atom. The fraction of sp³-hybridized carbons (Fsp3) is 0.0500. The summed E-state index contributed by atoms with van der Waals surface area (Å²) in [5.41, 5.74) is 4.77. The Morgan fingerprint density at radius 1 is 0.773 bits per heavy atom. The maximum Gasteiger partial charge on any atom is 0.255 e. The molecule has 0 radical (unpaired) electrons. The van der Waals surface area contributed by atoms with Gasteiger partial charge in [-0.15, -0.1) is 0 Å². The third-order valence-electron chi connectivity index (χ3n) is 3.54. The molecule has 0 aliphatic heterocycles. The van der Waals surface area contributed by atoms with E-state index in [0.29, 0.717) is 5.56 Å². The molecule has 0 saturated carbocycles. The van der Waals surface area contributed by atoms with Gasteiger partial charge < -0.3 is 5.32 Å². The molecule has 108 valence electrons. The summed E-state index contributed by atoms with van der Waals surface area (Å²) in [6, 6.07) is 25.5. The zero-order chi connectivity index (χ0) is 15.4. The maximum absolute atomic E-state index is 12.4. The average molecular weight is 287 g/mol. The van der Waals surface area contributed by atoms with Crippen LogP contribution >= 0.6 is 0 Å². The fourth-order valence-corrected chi connectivity index (χ4v) is 2.31. The minimum absolute atomic E-state index is 0.0957. The lowest BCUT2D eigenvalue weighted by molar-refractivity contribution is 0.102. The first-order valence-corrected chi connectivity index (χ1v) is 7.26.